The SMILES string of the molecule is Cc1ccc(-c2ccc3c(c2)c2cc4c(cc2n3-c2ccccc2)C(C)(C)c2ccccc2-4)cc1-c1ccccc1C(C)c1cccc(-c2ccccc2)c1. The van der Waals surface area contributed by atoms with Crippen molar-refractivity contribution in [1.82, 2.24) is 4.57 Å². The molecule has 1 aliphatic rings. The van der Waals surface area contributed by atoms with Crippen LogP contribution in [0.4, 0.5) is 0 Å². The van der Waals surface area contributed by atoms with Crippen molar-refractivity contribution in [2.24, 2.45) is 0 Å². The molecule has 0 saturated heterocycles. The molecule has 0 N–H and O–H groups in total. The van der Waals surface area contributed by atoms with Crippen LogP contribution in [0.1, 0.15) is 54.5 Å². The Morgan fingerprint density at radius 2 is 1.07 bits per heavy atom. The number of aromatic nitrogens is 1. The van der Waals surface area contributed by atoms with E-state index in [1.807, 2.05) is 0 Å². The van der Waals surface area contributed by atoms with Gasteiger partial charge in [0.05, 0.1) is 11.0 Å². The van der Waals surface area contributed by atoms with E-state index in [2.05, 4.69) is 214 Å². The first-order valence-electron chi connectivity index (χ1n) is 19.5. The van der Waals surface area contributed by atoms with Crippen LogP contribution in [0, 0.1) is 6.92 Å². The summed E-state index contributed by atoms with van der Waals surface area (Å²) in [5, 5.41) is 2.56. The van der Waals surface area contributed by atoms with E-state index in [1.54, 1.807) is 0 Å². The maximum atomic E-state index is 2.47. The van der Waals surface area contributed by atoms with E-state index in [9.17, 15) is 0 Å². The van der Waals surface area contributed by atoms with Gasteiger partial charge in [0.1, 0.15) is 0 Å². The maximum Gasteiger partial charge on any atom is 0.0544 e. The zero-order chi connectivity index (χ0) is 37.3. The second kappa shape index (κ2) is 12.9. The molecule has 1 heteroatoms. The molecule has 8 aromatic carbocycles. The van der Waals surface area contributed by atoms with Crippen molar-refractivity contribution in [2.45, 2.75) is 39.0 Å². The Kier molecular flexibility index (Phi) is 7.75. The molecular formula is C54H43N. The fourth-order valence-corrected chi connectivity index (χ4v) is 9.26. The lowest BCUT2D eigenvalue weighted by molar-refractivity contribution is 0.661. The molecule has 0 amide bonds. The Hall–Kier alpha value is -6.44. The van der Waals surface area contributed by atoms with Gasteiger partial charge in [-0.3, -0.25) is 0 Å². The smallest absolute Gasteiger partial charge is 0.0544 e. The zero-order valence-corrected chi connectivity index (χ0v) is 31.8. The van der Waals surface area contributed by atoms with Gasteiger partial charge in [-0.15, -0.1) is 0 Å². The van der Waals surface area contributed by atoms with Gasteiger partial charge in [0.25, 0.3) is 0 Å². The van der Waals surface area contributed by atoms with Crippen LogP contribution in [0.3, 0.4) is 0 Å². The standard InChI is InChI=1S/C54H43N/c1-35-26-27-40(31-46(35)44-23-12-11-22-43(44)36(2)38-18-15-19-39(30-38)37-16-7-5-8-17-37)41-28-29-52-48(32-41)49-33-47-45-24-13-14-25-50(45)54(3,4)51(47)34-53(49)55(52)42-20-9-6-10-21-42/h5-34,36H,1-4H3. The van der Waals surface area contributed by atoms with E-state index >= 15 is 0 Å². The lowest BCUT2D eigenvalue weighted by Crippen LogP contribution is -2.14. The predicted molar refractivity (Wildman–Crippen MR) is 233 cm³/mol. The van der Waals surface area contributed by atoms with Crippen LogP contribution in [0.15, 0.2) is 182 Å². The van der Waals surface area contributed by atoms with Gasteiger partial charge in [-0.25, -0.2) is 0 Å². The third-order valence-corrected chi connectivity index (χ3v) is 12.3. The van der Waals surface area contributed by atoms with Gasteiger partial charge < -0.3 is 4.57 Å². The number of fused-ring (bicyclic) bond motifs is 6. The summed E-state index contributed by atoms with van der Waals surface area (Å²) in [6.45, 7) is 9.32. The van der Waals surface area contributed by atoms with Crippen molar-refractivity contribution < 1.29 is 0 Å². The summed E-state index contributed by atoms with van der Waals surface area (Å²) in [5.74, 6) is 0.222. The van der Waals surface area contributed by atoms with Gasteiger partial charge in [0.15, 0.2) is 0 Å². The van der Waals surface area contributed by atoms with Crippen LogP contribution < -0.4 is 0 Å². The number of hydrogen-bond acceptors (Lipinski definition) is 0. The molecule has 9 aromatic rings. The van der Waals surface area contributed by atoms with Crippen molar-refractivity contribution >= 4 is 21.8 Å². The maximum absolute atomic E-state index is 2.47. The van der Waals surface area contributed by atoms with Gasteiger partial charge >= 0.3 is 0 Å². The van der Waals surface area contributed by atoms with Crippen LogP contribution in [-0.4, -0.2) is 4.57 Å². The third kappa shape index (κ3) is 5.37. The van der Waals surface area contributed by atoms with E-state index in [4.69, 9.17) is 0 Å². The van der Waals surface area contributed by atoms with E-state index in [-0.39, 0.29) is 11.3 Å². The Morgan fingerprint density at radius 3 is 1.89 bits per heavy atom. The van der Waals surface area contributed by atoms with Crippen LogP contribution >= 0.6 is 0 Å². The molecular weight excluding hydrogens is 663 g/mol. The largest absolute Gasteiger partial charge is 0.309 e. The highest BCUT2D eigenvalue weighted by Crippen LogP contribution is 2.51. The van der Waals surface area contributed by atoms with Crippen molar-refractivity contribution in [1.29, 1.82) is 0 Å². The lowest BCUT2D eigenvalue weighted by Gasteiger charge is -2.21. The highest BCUT2D eigenvalue weighted by Gasteiger charge is 2.36. The zero-order valence-electron chi connectivity index (χ0n) is 31.8. The second-order valence-corrected chi connectivity index (χ2v) is 15.8. The van der Waals surface area contributed by atoms with Gasteiger partial charge in [-0.2, -0.15) is 0 Å². The Bertz CT molecular complexity index is 2910. The third-order valence-electron chi connectivity index (χ3n) is 12.3. The molecule has 55 heavy (non-hydrogen) atoms. The minimum absolute atomic E-state index is 0.0694. The van der Waals surface area contributed by atoms with Gasteiger partial charge in [-0.1, -0.05) is 160 Å². The fraction of sp³-hybridized carbons (Fsp3) is 0.111. The van der Waals surface area contributed by atoms with Crippen molar-refractivity contribution in [3.63, 3.8) is 0 Å². The van der Waals surface area contributed by atoms with Crippen LogP contribution in [0.2, 0.25) is 0 Å². The van der Waals surface area contributed by atoms with Crippen molar-refractivity contribution in [2.75, 3.05) is 0 Å². The number of para-hydroxylation sites is 1. The number of aryl methyl sites for hydroxylation is 1. The Morgan fingerprint density at radius 1 is 0.436 bits per heavy atom. The molecule has 264 valence electrons. The summed E-state index contributed by atoms with van der Waals surface area (Å²) >= 11 is 0. The molecule has 0 aliphatic heterocycles. The summed E-state index contributed by atoms with van der Waals surface area (Å²) in [6.07, 6.45) is 0. The highest BCUT2D eigenvalue weighted by atomic mass is 15.0. The van der Waals surface area contributed by atoms with E-state index in [1.165, 1.54) is 99.8 Å². The molecule has 0 radical (unpaired) electrons. The number of benzene rings is 8. The van der Waals surface area contributed by atoms with Crippen LogP contribution in [0.25, 0.3) is 72.0 Å². The van der Waals surface area contributed by atoms with E-state index in [0.29, 0.717) is 0 Å². The second-order valence-electron chi connectivity index (χ2n) is 15.8. The molecule has 0 fully saturated rings. The molecule has 1 aliphatic carbocycles. The quantitative estimate of drug-likeness (QED) is 0.162. The number of nitrogens with zero attached hydrogens (tertiary/aromatic N) is 1. The number of hydrogen-bond donors (Lipinski definition) is 0. The topological polar surface area (TPSA) is 4.93 Å². The molecule has 0 saturated carbocycles. The molecule has 1 heterocycles. The van der Waals surface area contributed by atoms with Gasteiger partial charge in [-0.05, 0) is 122 Å². The molecule has 10 rings (SSSR count). The van der Waals surface area contributed by atoms with E-state index in [0.717, 1.165) is 0 Å². The summed E-state index contributed by atoms with van der Waals surface area (Å²) < 4.78 is 2.46. The predicted octanol–water partition coefficient (Wildman–Crippen LogP) is 14.6. The lowest BCUT2D eigenvalue weighted by atomic mass is 9.82. The minimum atomic E-state index is -0.0694. The minimum Gasteiger partial charge on any atom is -0.309 e. The Labute approximate surface area is 324 Å². The molecule has 1 unspecified atom stereocenters. The summed E-state index contributed by atoms with van der Waals surface area (Å²) in [5.41, 5.74) is 20.5. The molecule has 1 aromatic heterocycles. The van der Waals surface area contributed by atoms with Crippen molar-refractivity contribution in [3.05, 3.63) is 210 Å². The Balaban J connectivity index is 1.11. The number of rotatable bonds is 6. The molecule has 0 spiro atoms. The van der Waals surface area contributed by atoms with Gasteiger partial charge in [0, 0.05) is 27.8 Å². The average molecular weight is 706 g/mol. The first kappa shape index (κ1) is 33.2. The van der Waals surface area contributed by atoms with Crippen LogP contribution in [-0.2, 0) is 5.41 Å². The van der Waals surface area contributed by atoms with Crippen LogP contribution in [0.5, 0.6) is 0 Å². The summed E-state index contributed by atoms with van der Waals surface area (Å²) in [6, 6.07) is 67.5. The first-order chi connectivity index (χ1) is 26.9. The van der Waals surface area contributed by atoms with E-state index < -0.39 is 0 Å². The fourth-order valence-electron chi connectivity index (χ4n) is 9.26. The van der Waals surface area contributed by atoms with Gasteiger partial charge in [0.2, 0.25) is 0 Å². The molecule has 1 atom stereocenters. The average Bonchev–Trinajstić information content (AvgIpc) is 3.67. The first-order valence-corrected chi connectivity index (χ1v) is 19.5. The summed E-state index contributed by atoms with van der Waals surface area (Å²) in [4.78, 5) is 0. The monoisotopic (exact) mass is 705 g/mol. The molecule has 1 nitrogen and oxygen atoms in total. The normalized spacial score (nSPS) is 13.5. The van der Waals surface area contributed by atoms with Crippen molar-refractivity contribution in [3.8, 4) is 50.2 Å². The highest BCUT2D eigenvalue weighted by molar-refractivity contribution is 6.12. The molecule has 0 bridgehead atoms. The summed E-state index contributed by atoms with van der Waals surface area (Å²) in [7, 11) is 0.